The molecule has 0 bridgehead atoms. The number of nitrogens with one attached hydrogen (secondary N) is 1. The summed E-state index contributed by atoms with van der Waals surface area (Å²) in [6.45, 7) is 2.21. The number of benzene rings is 2. The molecule has 0 unspecified atom stereocenters. The van der Waals surface area contributed by atoms with Gasteiger partial charge in [-0.1, -0.05) is 37.2 Å². The quantitative estimate of drug-likeness (QED) is 0.317. The van der Waals surface area contributed by atoms with E-state index < -0.39 is 34.0 Å². The van der Waals surface area contributed by atoms with Crippen LogP contribution in [0.4, 0.5) is 5.69 Å². The third-order valence-corrected chi connectivity index (χ3v) is 5.03. The van der Waals surface area contributed by atoms with Crippen molar-refractivity contribution in [2.24, 2.45) is 0 Å². The predicted octanol–water partition coefficient (Wildman–Crippen LogP) is 3.67. The summed E-state index contributed by atoms with van der Waals surface area (Å²) in [5.74, 6) is -3.42. The van der Waals surface area contributed by atoms with Crippen LogP contribution in [0, 0.1) is 10.1 Å². The maximum atomic E-state index is 12.5. The van der Waals surface area contributed by atoms with E-state index in [1.807, 2.05) is 6.92 Å². The van der Waals surface area contributed by atoms with E-state index in [1.54, 1.807) is 6.07 Å². The van der Waals surface area contributed by atoms with Crippen molar-refractivity contribution >= 4 is 35.3 Å². The summed E-state index contributed by atoms with van der Waals surface area (Å²) < 4.78 is 0. The lowest BCUT2D eigenvalue weighted by Crippen LogP contribution is -2.26. The molecule has 0 saturated carbocycles. The second kappa shape index (κ2) is 9.69. The molecule has 0 aromatic heterocycles. The van der Waals surface area contributed by atoms with Gasteiger partial charge in [-0.15, -0.1) is 0 Å². The number of nitrogens with zero attached hydrogens (tertiary/aromatic N) is 1. The van der Waals surface area contributed by atoms with Gasteiger partial charge in [0, 0.05) is 28.5 Å². The Kier molecular flexibility index (Phi) is 7.32. The zero-order valence-corrected chi connectivity index (χ0v) is 16.2. The lowest BCUT2D eigenvalue weighted by atomic mass is 10.1. The van der Waals surface area contributed by atoms with Crippen molar-refractivity contribution in [2.45, 2.75) is 29.6 Å². The van der Waals surface area contributed by atoms with Crippen LogP contribution in [-0.4, -0.2) is 39.5 Å². The highest BCUT2D eigenvalue weighted by Gasteiger charge is 2.26. The number of aromatic carboxylic acids is 2. The molecule has 0 spiro atoms. The number of unbranched alkanes of at least 4 members (excludes halogenated alkanes) is 1. The molecular formula is C19H18N2O7S. The Labute approximate surface area is 169 Å². The molecule has 0 aliphatic heterocycles. The Bertz CT molecular complexity index is 975. The zero-order valence-electron chi connectivity index (χ0n) is 15.4. The van der Waals surface area contributed by atoms with E-state index in [2.05, 4.69) is 5.32 Å². The molecule has 0 radical (unpaired) electrons. The lowest BCUT2D eigenvalue weighted by molar-refractivity contribution is -0.385. The first kappa shape index (κ1) is 21.9. The number of hydrogen-bond donors (Lipinski definition) is 3. The molecule has 3 N–H and O–H groups in total. The first-order chi connectivity index (χ1) is 13.8. The van der Waals surface area contributed by atoms with E-state index in [-0.39, 0.29) is 20.9 Å². The summed E-state index contributed by atoms with van der Waals surface area (Å²) in [6.07, 6.45) is 1.46. The van der Waals surface area contributed by atoms with Crippen LogP contribution in [0.1, 0.15) is 50.8 Å². The Morgan fingerprint density at radius 2 is 1.76 bits per heavy atom. The summed E-state index contributed by atoms with van der Waals surface area (Å²) in [6, 6.07) is 7.80. The number of carboxylic acid groups (broad SMARTS) is 2. The molecule has 0 aliphatic carbocycles. The third-order valence-electron chi connectivity index (χ3n) is 3.91. The molecule has 152 valence electrons. The fourth-order valence-corrected chi connectivity index (χ4v) is 3.64. The van der Waals surface area contributed by atoms with Gasteiger partial charge in [-0.2, -0.15) is 0 Å². The Hall–Kier alpha value is -3.40. The van der Waals surface area contributed by atoms with Crippen molar-refractivity contribution in [1.82, 2.24) is 5.32 Å². The molecule has 0 aliphatic rings. The minimum Gasteiger partial charge on any atom is -0.478 e. The standard InChI is InChI=1S/C19H18N2O7S/c1-2-3-8-20-17(22)13-9-11(21(27)28)10-15(16(13)19(25)26)29-14-7-5-4-6-12(14)18(23)24/h4-7,9-10H,2-3,8H2,1H3,(H,20,22)(H,23,24)(H,25,26). The fourth-order valence-electron chi connectivity index (χ4n) is 2.51. The van der Waals surface area contributed by atoms with E-state index in [1.165, 1.54) is 18.2 Å². The van der Waals surface area contributed by atoms with Gasteiger partial charge in [0.2, 0.25) is 0 Å². The van der Waals surface area contributed by atoms with E-state index in [4.69, 9.17) is 0 Å². The molecule has 2 rings (SSSR count). The van der Waals surface area contributed by atoms with Crippen LogP contribution in [0.5, 0.6) is 0 Å². The highest BCUT2D eigenvalue weighted by molar-refractivity contribution is 7.99. The van der Waals surface area contributed by atoms with Crippen LogP contribution in [0.3, 0.4) is 0 Å². The van der Waals surface area contributed by atoms with Crippen LogP contribution in [0.25, 0.3) is 0 Å². The first-order valence-electron chi connectivity index (χ1n) is 8.60. The summed E-state index contributed by atoms with van der Waals surface area (Å²) in [4.78, 5) is 46.5. The van der Waals surface area contributed by atoms with Crippen molar-refractivity contribution in [2.75, 3.05) is 6.54 Å². The number of carboxylic acids is 2. The Morgan fingerprint density at radius 1 is 1.07 bits per heavy atom. The number of rotatable bonds is 9. The van der Waals surface area contributed by atoms with Crippen molar-refractivity contribution in [1.29, 1.82) is 0 Å². The minimum atomic E-state index is -1.45. The molecule has 29 heavy (non-hydrogen) atoms. The average Bonchev–Trinajstić information content (AvgIpc) is 2.67. The van der Waals surface area contributed by atoms with Crippen LogP contribution in [-0.2, 0) is 0 Å². The third kappa shape index (κ3) is 5.32. The smallest absolute Gasteiger partial charge is 0.337 e. The second-order valence-electron chi connectivity index (χ2n) is 5.94. The molecule has 9 nitrogen and oxygen atoms in total. The van der Waals surface area contributed by atoms with E-state index in [0.717, 1.165) is 30.3 Å². The molecule has 0 saturated heterocycles. The topological polar surface area (TPSA) is 147 Å². The zero-order chi connectivity index (χ0) is 21.6. The van der Waals surface area contributed by atoms with Gasteiger partial charge in [0.15, 0.2) is 0 Å². The van der Waals surface area contributed by atoms with Gasteiger partial charge in [0.1, 0.15) is 0 Å². The fraction of sp³-hybridized carbons (Fsp3) is 0.211. The molecule has 0 heterocycles. The largest absolute Gasteiger partial charge is 0.478 e. The maximum absolute atomic E-state index is 12.5. The molecular weight excluding hydrogens is 400 g/mol. The van der Waals surface area contributed by atoms with Crippen molar-refractivity contribution in [3.63, 3.8) is 0 Å². The highest BCUT2D eigenvalue weighted by atomic mass is 32.2. The normalized spacial score (nSPS) is 10.4. The minimum absolute atomic E-state index is 0.0886. The molecule has 2 aromatic rings. The first-order valence-corrected chi connectivity index (χ1v) is 9.42. The number of hydrogen-bond acceptors (Lipinski definition) is 6. The Morgan fingerprint density at radius 3 is 2.34 bits per heavy atom. The van der Waals surface area contributed by atoms with Gasteiger partial charge in [-0.25, -0.2) is 9.59 Å². The molecule has 0 fully saturated rings. The number of non-ortho nitro benzene ring substituents is 1. The van der Waals surface area contributed by atoms with Crippen molar-refractivity contribution in [3.05, 3.63) is 63.2 Å². The van der Waals surface area contributed by atoms with Crippen molar-refractivity contribution in [3.8, 4) is 0 Å². The highest BCUT2D eigenvalue weighted by Crippen LogP contribution is 2.37. The molecule has 10 heteroatoms. The van der Waals surface area contributed by atoms with E-state index >= 15 is 0 Å². The summed E-state index contributed by atoms with van der Waals surface area (Å²) in [7, 11) is 0. The van der Waals surface area contributed by atoms with Gasteiger partial charge in [-0.05, 0) is 18.6 Å². The van der Waals surface area contributed by atoms with Gasteiger partial charge >= 0.3 is 11.9 Å². The number of nitro benzene ring substituents is 1. The van der Waals surface area contributed by atoms with Gasteiger partial charge in [0.25, 0.3) is 11.6 Å². The van der Waals surface area contributed by atoms with Gasteiger partial charge < -0.3 is 15.5 Å². The van der Waals surface area contributed by atoms with Crippen LogP contribution in [0.15, 0.2) is 46.2 Å². The Balaban J connectivity index is 2.61. The number of carbonyl (C=O) groups excluding carboxylic acids is 1. The molecule has 2 aromatic carbocycles. The van der Waals surface area contributed by atoms with Crippen LogP contribution in [0.2, 0.25) is 0 Å². The van der Waals surface area contributed by atoms with Crippen LogP contribution < -0.4 is 5.32 Å². The lowest BCUT2D eigenvalue weighted by Gasteiger charge is -2.13. The van der Waals surface area contributed by atoms with Crippen LogP contribution >= 0.6 is 11.8 Å². The molecule has 0 atom stereocenters. The maximum Gasteiger partial charge on any atom is 0.337 e. The SMILES string of the molecule is CCCCNC(=O)c1cc([N+](=O)[O-])cc(Sc2ccccc2C(=O)O)c1C(=O)O. The molecule has 1 amide bonds. The van der Waals surface area contributed by atoms with Gasteiger partial charge in [-0.3, -0.25) is 14.9 Å². The number of nitro groups is 1. The van der Waals surface area contributed by atoms with E-state index in [0.29, 0.717) is 13.0 Å². The summed E-state index contributed by atoms with van der Waals surface area (Å²) >= 11 is 0.743. The number of carbonyl (C=O) groups is 3. The second-order valence-corrected chi connectivity index (χ2v) is 7.03. The van der Waals surface area contributed by atoms with Crippen molar-refractivity contribution < 1.29 is 29.5 Å². The predicted molar refractivity (Wildman–Crippen MR) is 105 cm³/mol. The summed E-state index contributed by atoms with van der Waals surface area (Å²) in [5.41, 5.74) is -1.33. The van der Waals surface area contributed by atoms with Gasteiger partial charge in [0.05, 0.1) is 21.6 Å². The monoisotopic (exact) mass is 418 g/mol. The van der Waals surface area contributed by atoms with E-state index in [9.17, 15) is 34.7 Å². The average molecular weight is 418 g/mol. The summed E-state index contributed by atoms with van der Waals surface area (Å²) in [5, 5.41) is 32.9. The number of amides is 1.